The zero-order valence-corrected chi connectivity index (χ0v) is 11.0. The number of carbonyl (C=O) groups excluding carboxylic acids is 2. The van der Waals surface area contributed by atoms with Gasteiger partial charge >= 0.3 is 6.09 Å². The average molecular weight is 261 g/mol. The molecule has 1 aromatic carbocycles. The van der Waals surface area contributed by atoms with Gasteiger partial charge in [0.15, 0.2) is 0 Å². The average Bonchev–Trinajstić information content (AvgIpc) is 2.72. The molecule has 0 atom stereocenters. The zero-order chi connectivity index (χ0) is 14.0. The number of carbonyl (C=O) groups is 2. The smallest absolute Gasteiger partial charge is 0.435 e. The summed E-state index contributed by atoms with van der Waals surface area (Å²) in [6, 6.07) is 5.27. The molecule has 100 valence electrons. The van der Waals surface area contributed by atoms with Gasteiger partial charge in [-0.1, -0.05) is 12.1 Å². The highest BCUT2D eigenvalue weighted by molar-refractivity contribution is 5.98. The molecule has 6 heteroatoms. The van der Waals surface area contributed by atoms with E-state index in [4.69, 9.17) is 4.74 Å². The summed E-state index contributed by atoms with van der Waals surface area (Å²) in [7, 11) is 0. The Morgan fingerprint density at radius 2 is 2.16 bits per heavy atom. The molecule has 2 aromatic rings. The van der Waals surface area contributed by atoms with Crippen LogP contribution in [-0.2, 0) is 9.53 Å². The normalized spacial score (nSPS) is 11.3. The summed E-state index contributed by atoms with van der Waals surface area (Å²) in [6.07, 6.45) is 1.53. The fraction of sp³-hybridized carbons (Fsp3) is 0.308. The van der Waals surface area contributed by atoms with Crippen molar-refractivity contribution in [3.63, 3.8) is 0 Å². The minimum absolute atomic E-state index is 0.510. The van der Waals surface area contributed by atoms with E-state index in [1.54, 1.807) is 45.2 Å². The highest BCUT2D eigenvalue weighted by atomic mass is 16.6. The van der Waals surface area contributed by atoms with Crippen LogP contribution in [0.5, 0.6) is 0 Å². The lowest BCUT2D eigenvalue weighted by Gasteiger charge is -2.19. The molecule has 1 heterocycles. The highest BCUT2D eigenvalue weighted by Crippen LogP contribution is 2.23. The first-order chi connectivity index (χ1) is 8.92. The van der Waals surface area contributed by atoms with Gasteiger partial charge in [0.25, 0.3) is 0 Å². The van der Waals surface area contributed by atoms with E-state index in [9.17, 15) is 9.59 Å². The van der Waals surface area contributed by atoms with E-state index in [0.29, 0.717) is 17.6 Å². The van der Waals surface area contributed by atoms with Crippen LogP contribution < -0.4 is 5.32 Å². The Morgan fingerprint density at radius 1 is 1.42 bits per heavy atom. The fourth-order valence-electron chi connectivity index (χ4n) is 1.70. The number of nitrogens with zero attached hydrogens (tertiary/aromatic N) is 2. The molecule has 0 bridgehead atoms. The molecule has 0 saturated carbocycles. The lowest BCUT2D eigenvalue weighted by Crippen LogP contribution is -2.27. The van der Waals surface area contributed by atoms with Crippen LogP contribution in [0.25, 0.3) is 10.9 Å². The van der Waals surface area contributed by atoms with E-state index < -0.39 is 11.7 Å². The number of ether oxygens (including phenoxy) is 1. The second kappa shape index (κ2) is 4.72. The van der Waals surface area contributed by atoms with E-state index >= 15 is 0 Å². The van der Waals surface area contributed by atoms with Gasteiger partial charge in [-0.2, -0.15) is 9.78 Å². The van der Waals surface area contributed by atoms with Crippen molar-refractivity contribution in [1.29, 1.82) is 0 Å². The Labute approximate surface area is 110 Å². The van der Waals surface area contributed by atoms with Crippen molar-refractivity contribution >= 4 is 29.1 Å². The van der Waals surface area contributed by atoms with Crippen LogP contribution in [0, 0.1) is 0 Å². The molecule has 0 aliphatic heterocycles. The molecule has 0 spiro atoms. The van der Waals surface area contributed by atoms with Crippen molar-refractivity contribution in [2.45, 2.75) is 26.4 Å². The monoisotopic (exact) mass is 261 g/mol. The Morgan fingerprint density at radius 3 is 2.79 bits per heavy atom. The quantitative estimate of drug-likeness (QED) is 0.842. The van der Waals surface area contributed by atoms with Gasteiger partial charge in [-0.25, -0.2) is 4.79 Å². The molecule has 0 unspecified atom stereocenters. The molecule has 1 N–H and O–H groups in total. The van der Waals surface area contributed by atoms with Crippen LogP contribution in [0.4, 0.5) is 10.5 Å². The predicted molar refractivity (Wildman–Crippen MR) is 71.1 cm³/mol. The van der Waals surface area contributed by atoms with Crippen LogP contribution in [0.15, 0.2) is 24.4 Å². The first-order valence-electron chi connectivity index (χ1n) is 5.82. The first-order valence-corrected chi connectivity index (χ1v) is 5.82. The number of nitrogens with one attached hydrogen (secondary N) is 1. The maximum absolute atomic E-state index is 12.1. The van der Waals surface area contributed by atoms with Gasteiger partial charge in [-0.05, 0) is 26.8 Å². The minimum atomic E-state index is -0.609. The molecule has 0 aliphatic carbocycles. The van der Waals surface area contributed by atoms with Gasteiger partial charge in [0.2, 0.25) is 6.41 Å². The van der Waals surface area contributed by atoms with Gasteiger partial charge in [-0.15, -0.1) is 0 Å². The predicted octanol–water partition coefficient (Wildman–Crippen LogP) is 2.39. The Balaban J connectivity index is 2.49. The van der Waals surface area contributed by atoms with Crippen molar-refractivity contribution in [1.82, 2.24) is 9.78 Å². The van der Waals surface area contributed by atoms with E-state index in [1.807, 2.05) is 0 Å². The molecule has 6 nitrogen and oxygen atoms in total. The Kier molecular flexibility index (Phi) is 3.25. The summed E-state index contributed by atoms with van der Waals surface area (Å²) >= 11 is 0. The van der Waals surface area contributed by atoms with Gasteiger partial charge in [0, 0.05) is 5.39 Å². The number of hydrogen-bond acceptors (Lipinski definition) is 4. The van der Waals surface area contributed by atoms with E-state index in [0.717, 1.165) is 10.1 Å². The molecule has 1 amide bonds. The third-order valence-electron chi connectivity index (χ3n) is 2.37. The molecule has 1 aromatic heterocycles. The van der Waals surface area contributed by atoms with E-state index in [2.05, 4.69) is 10.4 Å². The summed E-state index contributed by atoms with van der Waals surface area (Å²) < 4.78 is 6.41. The van der Waals surface area contributed by atoms with Crippen LogP contribution in [0.2, 0.25) is 0 Å². The van der Waals surface area contributed by atoms with E-state index in [-0.39, 0.29) is 0 Å². The van der Waals surface area contributed by atoms with Crippen LogP contribution in [0.1, 0.15) is 20.8 Å². The number of amides is 1. The van der Waals surface area contributed by atoms with Crippen LogP contribution in [0.3, 0.4) is 0 Å². The van der Waals surface area contributed by atoms with Crippen molar-refractivity contribution in [2.75, 3.05) is 5.32 Å². The summed E-state index contributed by atoms with van der Waals surface area (Å²) in [5, 5.41) is 7.30. The number of rotatable bonds is 2. The maximum Gasteiger partial charge on any atom is 0.435 e. The zero-order valence-electron chi connectivity index (χ0n) is 11.0. The van der Waals surface area contributed by atoms with Crippen LogP contribution in [-0.4, -0.2) is 27.9 Å². The standard InChI is InChI=1S/C13H15N3O3/c1-13(2,3)19-12(18)16-11-9(7-15-16)5-4-6-10(11)14-8-17/h4-8H,1-3H3,(H,14,17). The lowest BCUT2D eigenvalue weighted by atomic mass is 10.2. The molecule has 2 rings (SSSR count). The number of benzene rings is 1. The molecule has 0 fully saturated rings. The van der Waals surface area contributed by atoms with Crippen molar-refractivity contribution in [3.05, 3.63) is 24.4 Å². The van der Waals surface area contributed by atoms with Crippen molar-refractivity contribution in [2.24, 2.45) is 0 Å². The molecular weight excluding hydrogens is 246 g/mol. The SMILES string of the molecule is CC(C)(C)OC(=O)n1ncc2cccc(NC=O)c21. The molecule has 19 heavy (non-hydrogen) atoms. The summed E-state index contributed by atoms with van der Waals surface area (Å²) in [5.41, 5.74) is 0.419. The summed E-state index contributed by atoms with van der Waals surface area (Å²) in [5.74, 6) is 0. The van der Waals surface area contributed by atoms with Crippen molar-refractivity contribution in [3.8, 4) is 0 Å². The van der Waals surface area contributed by atoms with E-state index in [1.165, 1.54) is 0 Å². The molecular formula is C13H15N3O3. The second-order valence-corrected chi connectivity index (χ2v) is 5.04. The lowest BCUT2D eigenvalue weighted by molar-refractivity contribution is -0.105. The number of para-hydroxylation sites is 1. The highest BCUT2D eigenvalue weighted by Gasteiger charge is 2.21. The molecule has 0 aliphatic rings. The summed E-state index contributed by atoms with van der Waals surface area (Å²) in [6.45, 7) is 5.34. The first kappa shape index (κ1) is 13.1. The third-order valence-corrected chi connectivity index (χ3v) is 2.37. The minimum Gasteiger partial charge on any atom is -0.442 e. The van der Waals surface area contributed by atoms with Crippen LogP contribution >= 0.6 is 0 Å². The van der Waals surface area contributed by atoms with Gasteiger partial charge in [-0.3, -0.25) is 4.79 Å². The second-order valence-electron chi connectivity index (χ2n) is 5.04. The number of hydrogen-bond donors (Lipinski definition) is 1. The van der Waals surface area contributed by atoms with Crippen molar-refractivity contribution < 1.29 is 14.3 Å². The Hall–Kier alpha value is -2.37. The van der Waals surface area contributed by atoms with Gasteiger partial charge in [0.1, 0.15) is 11.1 Å². The topological polar surface area (TPSA) is 73.2 Å². The largest absolute Gasteiger partial charge is 0.442 e. The Bertz CT molecular complexity index is 626. The maximum atomic E-state index is 12.1. The molecule has 0 saturated heterocycles. The third kappa shape index (κ3) is 2.73. The van der Waals surface area contributed by atoms with Gasteiger partial charge < -0.3 is 10.1 Å². The fourth-order valence-corrected chi connectivity index (χ4v) is 1.70. The van der Waals surface area contributed by atoms with Gasteiger partial charge in [0.05, 0.1) is 11.9 Å². The number of fused-ring (bicyclic) bond motifs is 1. The number of anilines is 1. The summed E-state index contributed by atoms with van der Waals surface area (Å²) in [4.78, 5) is 22.6. The number of aromatic nitrogens is 2. The molecule has 0 radical (unpaired) electrons.